The van der Waals surface area contributed by atoms with Crippen LogP contribution < -0.4 is 15.5 Å². The molecule has 164 valence electrons. The number of nitrogens with zero attached hydrogens (tertiary/aromatic N) is 1. The molecular weight excluding hydrogens is 562 g/mol. The van der Waals surface area contributed by atoms with E-state index in [1.807, 2.05) is 17.5 Å². The number of hydrogen-bond acceptors (Lipinski definition) is 6. The second kappa shape index (κ2) is 11.1. The predicted molar refractivity (Wildman–Crippen MR) is 132 cm³/mol. The molecule has 0 fully saturated rings. The first-order valence-corrected chi connectivity index (χ1v) is 11.6. The van der Waals surface area contributed by atoms with Crippen molar-refractivity contribution in [3.63, 3.8) is 0 Å². The SMILES string of the molecule is COc1cc(Br)c(Br)c(C=NNC(=O)C(=Cc2cccs2)NC(=O)c2ccccc2)c1O. The summed E-state index contributed by atoms with van der Waals surface area (Å²) in [6, 6.07) is 13.8. The Morgan fingerprint density at radius 1 is 1.16 bits per heavy atom. The maximum absolute atomic E-state index is 12.8. The van der Waals surface area contributed by atoms with Crippen molar-refractivity contribution < 1.29 is 19.4 Å². The number of rotatable bonds is 7. The van der Waals surface area contributed by atoms with Crippen LogP contribution in [0.2, 0.25) is 0 Å². The third kappa shape index (κ3) is 5.84. The Labute approximate surface area is 205 Å². The molecule has 0 aliphatic heterocycles. The number of carbonyl (C=O) groups is 2. The van der Waals surface area contributed by atoms with Crippen LogP contribution in [-0.4, -0.2) is 30.2 Å². The first kappa shape index (κ1) is 23.7. The van der Waals surface area contributed by atoms with Gasteiger partial charge < -0.3 is 15.2 Å². The van der Waals surface area contributed by atoms with Gasteiger partial charge in [0.1, 0.15) is 5.70 Å². The van der Waals surface area contributed by atoms with Crippen LogP contribution in [0.25, 0.3) is 6.08 Å². The molecule has 1 aromatic heterocycles. The molecule has 0 saturated carbocycles. The van der Waals surface area contributed by atoms with Gasteiger partial charge in [0.2, 0.25) is 0 Å². The van der Waals surface area contributed by atoms with Crippen LogP contribution in [0.4, 0.5) is 0 Å². The number of phenols is 1. The van der Waals surface area contributed by atoms with Crippen molar-refractivity contribution in [1.29, 1.82) is 0 Å². The average Bonchev–Trinajstić information content (AvgIpc) is 3.31. The zero-order valence-corrected chi connectivity index (χ0v) is 20.6. The molecule has 0 aliphatic carbocycles. The normalized spacial score (nSPS) is 11.4. The minimum atomic E-state index is -0.628. The van der Waals surface area contributed by atoms with Gasteiger partial charge in [-0.3, -0.25) is 9.59 Å². The van der Waals surface area contributed by atoms with E-state index in [0.717, 1.165) is 4.88 Å². The summed E-state index contributed by atoms with van der Waals surface area (Å²) in [5.74, 6) is -0.963. The summed E-state index contributed by atoms with van der Waals surface area (Å²) in [5.41, 5.74) is 3.11. The van der Waals surface area contributed by atoms with Gasteiger partial charge in [-0.1, -0.05) is 24.3 Å². The van der Waals surface area contributed by atoms with Gasteiger partial charge in [0.15, 0.2) is 11.5 Å². The summed E-state index contributed by atoms with van der Waals surface area (Å²) >= 11 is 8.13. The number of benzene rings is 2. The molecule has 7 nitrogen and oxygen atoms in total. The second-order valence-electron chi connectivity index (χ2n) is 6.23. The van der Waals surface area contributed by atoms with Crippen molar-refractivity contribution >= 4 is 67.3 Å². The lowest BCUT2D eigenvalue weighted by Crippen LogP contribution is -2.32. The molecule has 0 radical (unpaired) electrons. The number of nitrogens with one attached hydrogen (secondary N) is 2. The third-order valence-corrected chi connectivity index (χ3v) is 6.96. The highest BCUT2D eigenvalue weighted by Gasteiger charge is 2.16. The predicted octanol–water partition coefficient (Wildman–Crippen LogP) is 4.91. The molecule has 2 aromatic carbocycles. The van der Waals surface area contributed by atoms with Crippen molar-refractivity contribution in [2.24, 2.45) is 5.10 Å². The highest BCUT2D eigenvalue weighted by Crippen LogP contribution is 2.39. The van der Waals surface area contributed by atoms with Gasteiger partial charge in [-0.25, -0.2) is 5.43 Å². The summed E-state index contributed by atoms with van der Waals surface area (Å²) < 4.78 is 6.29. The lowest BCUT2D eigenvalue weighted by Gasteiger charge is -2.10. The first-order valence-electron chi connectivity index (χ1n) is 9.10. The van der Waals surface area contributed by atoms with Crippen LogP contribution in [-0.2, 0) is 4.79 Å². The lowest BCUT2D eigenvalue weighted by atomic mass is 10.2. The van der Waals surface area contributed by atoms with Crippen LogP contribution >= 0.6 is 43.2 Å². The number of amides is 2. The largest absolute Gasteiger partial charge is 0.504 e. The number of carbonyl (C=O) groups excluding carboxylic acids is 2. The van der Waals surface area contributed by atoms with Crippen molar-refractivity contribution in [3.05, 3.63) is 84.6 Å². The monoisotopic (exact) mass is 577 g/mol. The number of thiophene rings is 1. The molecule has 3 aromatic rings. The summed E-state index contributed by atoms with van der Waals surface area (Å²) in [6.07, 6.45) is 2.83. The van der Waals surface area contributed by atoms with E-state index in [0.29, 0.717) is 20.1 Å². The fraction of sp³-hybridized carbons (Fsp3) is 0.0455. The molecule has 2 amide bonds. The Bertz CT molecular complexity index is 1180. The Kier molecular flexibility index (Phi) is 8.20. The number of halogens is 2. The average molecular weight is 579 g/mol. The van der Waals surface area contributed by atoms with Gasteiger partial charge in [0, 0.05) is 19.4 Å². The molecule has 3 N–H and O–H groups in total. The van der Waals surface area contributed by atoms with Gasteiger partial charge in [0.25, 0.3) is 11.8 Å². The number of aromatic hydroxyl groups is 1. The molecule has 3 rings (SSSR count). The van der Waals surface area contributed by atoms with E-state index in [4.69, 9.17) is 4.74 Å². The topological polar surface area (TPSA) is 100 Å². The molecular formula is C22H17Br2N3O4S. The van der Waals surface area contributed by atoms with E-state index in [1.54, 1.807) is 42.5 Å². The van der Waals surface area contributed by atoms with Crippen molar-refractivity contribution in [2.45, 2.75) is 0 Å². The zero-order chi connectivity index (χ0) is 23.1. The van der Waals surface area contributed by atoms with E-state index >= 15 is 0 Å². The molecule has 32 heavy (non-hydrogen) atoms. The quantitative estimate of drug-likeness (QED) is 0.211. The van der Waals surface area contributed by atoms with Crippen LogP contribution in [0.15, 0.2) is 73.7 Å². The Morgan fingerprint density at radius 3 is 2.56 bits per heavy atom. The fourth-order valence-electron chi connectivity index (χ4n) is 2.56. The van der Waals surface area contributed by atoms with Gasteiger partial charge in [0.05, 0.1) is 18.9 Å². The minimum Gasteiger partial charge on any atom is -0.504 e. The maximum Gasteiger partial charge on any atom is 0.287 e. The highest BCUT2D eigenvalue weighted by molar-refractivity contribution is 9.13. The van der Waals surface area contributed by atoms with E-state index < -0.39 is 11.8 Å². The summed E-state index contributed by atoms with van der Waals surface area (Å²) in [5, 5.41) is 18.8. The number of hydrogen-bond donors (Lipinski definition) is 3. The molecule has 0 atom stereocenters. The minimum absolute atomic E-state index is 0.0218. The molecule has 0 aliphatic rings. The standard InChI is InChI=1S/C22H17Br2N3O4S/c1-31-18-11-16(23)19(24)15(20(18)28)12-25-27-22(30)17(10-14-8-5-9-32-14)26-21(29)13-6-3-2-4-7-13/h2-12,28H,1H3,(H,26,29)(H,27,30). The molecule has 0 bridgehead atoms. The number of methoxy groups -OCH3 is 1. The van der Waals surface area contributed by atoms with Gasteiger partial charge in [-0.2, -0.15) is 5.10 Å². The summed E-state index contributed by atoms with van der Waals surface area (Å²) in [4.78, 5) is 26.1. The molecule has 0 unspecified atom stereocenters. The molecule has 0 saturated heterocycles. The molecule has 0 spiro atoms. The number of hydrazone groups is 1. The van der Waals surface area contributed by atoms with Crippen LogP contribution in [0.5, 0.6) is 11.5 Å². The third-order valence-electron chi connectivity index (χ3n) is 4.13. The zero-order valence-electron chi connectivity index (χ0n) is 16.6. The summed E-state index contributed by atoms with van der Waals surface area (Å²) in [6.45, 7) is 0. The maximum atomic E-state index is 12.8. The van der Waals surface area contributed by atoms with E-state index in [2.05, 4.69) is 47.7 Å². The molecule has 10 heteroatoms. The smallest absolute Gasteiger partial charge is 0.287 e. The van der Waals surface area contributed by atoms with E-state index in [-0.39, 0.29) is 17.2 Å². The van der Waals surface area contributed by atoms with Crippen LogP contribution in [0.3, 0.4) is 0 Å². The fourth-order valence-corrected chi connectivity index (χ4v) is 4.04. The van der Waals surface area contributed by atoms with Gasteiger partial charge in [-0.15, -0.1) is 11.3 Å². The van der Waals surface area contributed by atoms with Crippen LogP contribution in [0, 0.1) is 0 Å². The molecule has 1 heterocycles. The van der Waals surface area contributed by atoms with Gasteiger partial charge in [-0.05, 0) is 67.6 Å². The van der Waals surface area contributed by atoms with Gasteiger partial charge >= 0.3 is 0 Å². The van der Waals surface area contributed by atoms with Crippen molar-refractivity contribution in [1.82, 2.24) is 10.7 Å². The second-order valence-corrected chi connectivity index (χ2v) is 8.86. The highest BCUT2D eigenvalue weighted by atomic mass is 79.9. The first-order chi connectivity index (χ1) is 15.4. The Morgan fingerprint density at radius 2 is 1.91 bits per heavy atom. The summed E-state index contributed by atoms with van der Waals surface area (Å²) in [7, 11) is 1.43. The van der Waals surface area contributed by atoms with E-state index in [1.165, 1.54) is 24.7 Å². The van der Waals surface area contributed by atoms with Crippen molar-refractivity contribution in [3.8, 4) is 11.5 Å². The number of phenolic OH excluding ortho intramolecular Hbond substituents is 1. The Hall–Kier alpha value is -2.95. The van der Waals surface area contributed by atoms with Crippen molar-refractivity contribution in [2.75, 3.05) is 7.11 Å². The number of ether oxygens (including phenoxy) is 1. The van der Waals surface area contributed by atoms with Crippen LogP contribution in [0.1, 0.15) is 20.8 Å². The Balaban J connectivity index is 1.82. The lowest BCUT2D eigenvalue weighted by molar-refractivity contribution is -0.117. The van der Waals surface area contributed by atoms with E-state index in [9.17, 15) is 14.7 Å².